The van der Waals surface area contributed by atoms with Gasteiger partial charge in [-0.1, -0.05) is 41.4 Å². The van der Waals surface area contributed by atoms with Crippen LogP contribution in [0.5, 0.6) is 0 Å². The fraction of sp³-hybridized carbons (Fsp3) is 0.222. The van der Waals surface area contributed by atoms with Crippen molar-refractivity contribution in [3.8, 4) is 0 Å². The molecule has 1 fully saturated rings. The summed E-state index contributed by atoms with van der Waals surface area (Å²) in [5.74, 6) is -0.358. The summed E-state index contributed by atoms with van der Waals surface area (Å²) < 4.78 is 0. The summed E-state index contributed by atoms with van der Waals surface area (Å²) in [7, 11) is 0. The van der Waals surface area contributed by atoms with Crippen LogP contribution >= 0.6 is 23.2 Å². The number of halogens is 2. The molecule has 1 N–H and O–H groups in total. The Kier molecular flexibility index (Phi) is 4.78. The molecule has 1 aliphatic rings. The molecule has 6 heteroatoms. The standard InChI is InChI=1S/C18H16Cl2N2O2/c1-11-3-2-4-13(9-11)21-18(24)17(22-8-7-16(22)23)14-6-5-12(19)10-15(14)20/h2-6,9-10,17H,7-8H2,1H3,(H,21,24). The number of β-lactam (4-membered cyclic amide) rings is 1. The van der Waals surface area contributed by atoms with Gasteiger partial charge in [-0.15, -0.1) is 0 Å². The molecule has 0 radical (unpaired) electrons. The molecule has 4 nitrogen and oxygen atoms in total. The fourth-order valence-electron chi connectivity index (χ4n) is 2.71. The Bertz CT molecular complexity index is 807. The van der Waals surface area contributed by atoms with Crippen LogP contribution in [0.25, 0.3) is 0 Å². The van der Waals surface area contributed by atoms with Gasteiger partial charge >= 0.3 is 0 Å². The lowest BCUT2D eigenvalue weighted by molar-refractivity contribution is -0.147. The maximum atomic E-state index is 12.8. The second kappa shape index (κ2) is 6.83. The summed E-state index contributed by atoms with van der Waals surface area (Å²) in [4.78, 5) is 26.3. The van der Waals surface area contributed by atoms with E-state index >= 15 is 0 Å². The number of nitrogens with one attached hydrogen (secondary N) is 1. The van der Waals surface area contributed by atoms with Crippen LogP contribution in [-0.2, 0) is 9.59 Å². The molecule has 0 saturated carbocycles. The Balaban J connectivity index is 1.92. The number of likely N-dealkylation sites (tertiary alicyclic amines) is 1. The highest BCUT2D eigenvalue weighted by Crippen LogP contribution is 2.34. The van der Waals surface area contributed by atoms with Crippen molar-refractivity contribution in [3.05, 3.63) is 63.6 Å². The van der Waals surface area contributed by atoms with Gasteiger partial charge in [-0.05, 0) is 36.8 Å². The maximum absolute atomic E-state index is 12.8. The third kappa shape index (κ3) is 3.40. The predicted molar refractivity (Wildman–Crippen MR) is 95.3 cm³/mol. The van der Waals surface area contributed by atoms with Gasteiger partial charge < -0.3 is 10.2 Å². The van der Waals surface area contributed by atoms with Crippen LogP contribution in [0.4, 0.5) is 5.69 Å². The van der Waals surface area contributed by atoms with Gasteiger partial charge in [-0.3, -0.25) is 9.59 Å². The molecule has 1 atom stereocenters. The minimum absolute atomic E-state index is 0.0644. The normalized spacial score (nSPS) is 15.0. The molecule has 0 aliphatic carbocycles. The van der Waals surface area contributed by atoms with Crippen LogP contribution in [-0.4, -0.2) is 23.3 Å². The van der Waals surface area contributed by atoms with Gasteiger partial charge in [0.2, 0.25) is 5.91 Å². The Morgan fingerprint density at radius 3 is 2.58 bits per heavy atom. The monoisotopic (exact) mass is 362 g/mol. The van der Waals surface area contributed by atoms with Gasteiger partial charge in [0, 0.05) is 34.3 Å². The molecule has 124 valence electrons. The number of hydrogen-bond donors (Lipinski definition) is 1. The second-order valence-corrected chi connectivity index (χ2v) is 6.61. The lowest BCUT2D eigenvalue weighted by Gasteiger charge is -2.37. The van der Waals surface area contributed by atoms with E-state index in [0.717, 1.165) is 5.56 Å². The summed E-state index contributed by atoms with van der Waals surface area (Å²) in [6.45, 7) is 2.48. The van der Waals surface area contributed by atoms with Crippen molar-refractivity contribution in [2.75, 3.05) is 11.9 Å². The summed E-state index contributed by atoms with van der Waals surface area (Å²) >= 11 is 12.2. The first-order valence-corrected chi connectivity index (χ1v) is 8.33. The molecular weight excluding hydrogens is 347 g/mol. The SMILES string of the molecule is Cc1cccc(NC(=O)C(c2ccc(Cl)cc2Cl)N2CCC2=O)c1. The highest BCUT2D eigenvalue weighted by molar-refractivity contribution is 6.35. The topological polar surface area (TPSA) is 49.4 Å². The molecular formula is C18H16Cl2N2O2. The number of hydrogen-bond acceptors (Lipinski definition) is 2. The van der Waals surface area contributed by atoms with Crippen molar-refractivity contribution in [2.45, 2.75) is 19.4 Å². The van der Waals surface area contributed by atoms with Crippen molar-refractivity contribution in [3.63, 3.8) is 0 Å². The number of rotatable bonds is 4. The van der Waals surface area contributed by atoms with Gasteiger partial charge in [-0.25, -0.2) is 0 Å². The minimum atomic E-state index is -0.767. The highest BCUT2D eigenvalue weighted by Gasteiger charge is 2.37. The van der Waals surface area contributed by atoms with Crippen molar-refractivity contribution in [1.29, 1.82) is 0 Å². The van der Waals surface area contributed by atoms with Crippen LogP contribution < -0.4 is 5.32 Å². The van der Waals surface area contributed by atoms with E-state index in [9.17, 15) is 9.59 Å². The third-order valence-corrected chi connectivity index (χ3v) is 4.55. The average molecular weight is 363 g/mol. The van der Waals surface area contributed by atoms with Crippen molar-refractivity contribution < 1.29 is 9.59 Å². The van der Waals surface area contributed by atoms with E-state index < -0.39 is 6.04 Å². The van der Waals surface area contributed by atoms with Gasteiger partial charge in [0.05, 0.1) is 0 Å². The number of benzene rings is 2. The van der Waals surface area contributed by atoms with Crippen molar-refractivity contribution in [2.24, 2.45) is 0 Å². The molecule has 1 saturated heterocycles. The molecule has 0 spiro atoms. The number of carbonyl (C=O) groups excluding carboxylic acids is 2. The van der Waals surface area contributed by atoms with E-state index in [0.29, 0.717) is 34.3 Å². The van der Waals surface area contributed by atoms with Crippen LogP contribution in [0.2, 0.25) is 10.0 Å². The minimum Gasteiger partial charge on any atom is -0.326 e. The van der Waals surface area contributed by atoms with E-state index in [2.05, 4.69) is 5.32 Å². The first-order valence-electron chi connectivity index (χ1n) is 7.57. The number of aryl methyl sites for hydroxylation is 1. The maximum Gasteiger partial charge on any atom is 0.251 e. The summed E-state index contributed by atoms with van der Waals surface area (Å²) in [6, 6.07) is 11.7. The van der Waals surface area contributed by atoms with Gasteiger partial charge in [0.1, 0.15) is 6.04 Å². The molecule has 1 aliphatic heterocycles. The molecule has 1 heterocycles. The molecule has 1 unspecified atom stereocenters. The quantitative estimate of drug-likeness (QED) is 0.828. The number of amides is 2. The molecule has 24 heavy (non-hydrogen) atoms. The van der Waals surface area contributed by atoms with Crippen LogP contribution in [0.1, 0.15) is 23.6 Å². The zero-order valence-electron chi connectivity index (χ0n) is 13.1. The Labute approximate surface area is 150 Å². The van der Waals surface area contributed by atoms with Crippen LogP contribution in [0.3, 0.4) is 0 Å². The van der Waals surface area contributed by atoms with E-state index in [4.69, 9.17) is 23.2 Å². The van der Waals surface area contributed by atoms with Gasteiger partial charge in [0.15, 0.2) is 0 Å². The van der Waals surface area contributed by atoms with Gasteiger partial charge in [-0.2, -0.15) is 0 Å². The lowest BCUT2D eigenvalue weighted by atomic mass is 10.00. The Morgan fingerprint density at radius 2 is 2.00 bits per heavy atom. The largest absolute Gasteiger partial charge is 0.326 e. The molecule has 0 bridgehead atoms. The smallest absolute Gasteiger partial charge is 0.251 e. The second-order valence-electron chi connectivity index (χ2n) is 5.76. The summed E-state index contributed by atoms with van der Waals surface area (Å²) in [5, 5.41) is 3.72. The molecule has 3 rings (SSSR count). The van der Waals surface area contributed by atoms with E-state index in [1.807, 2.05) is 31.2 Å². The van der Waals surface area contributed by atoms with Crippen LogP contribution in [0, 0.1) is 6.92 Å². The number of nitrogens with zero attached hydrogens (tertiary/aromatic N) is 1. The van der Waals surface area contributed by atoms with E-state index in [-0.39, 0.29) is 11.8 Å². The highest BCUT2D eigenvalue weighted by atomic mass is 35.5. The van der Waals surface area contributed by atoms with Crippen molar-refractivity contribution in [1.82, 2.24) is 4.90 Å². The van der Waals surface area contributed by atoms with Crippen molar-refractivity contribution >= 4 is 40.7 Å². The zero-order chi connectivity index (χ0) is 17.3. The van der Waals surface area contributed by atoms with E-state index in [1.54, 1.807) is 18.2 Å². The molecule has 2 aromatic rings. The van der Waals surface area contributed by atoms with Crippen LogP contribution in [0.15, 0.2) is 42.5 Å². The van der Waals surface area contributed by atoms with E-state index in [1.165, 1.54) is 4.90 Å². The Hall–Kier alpha value is -2.04. The first kappa shape index (κ1) is 16.8. The summed E-state index contributed by atoms with van der Waals surface area (Å²) in [5.41, 5.74) is 2.29. The zero-order valence-corrected chi connectivity index (χ0v) is 14.6. The summed E-state index contributed by atoms with van der Waals surface area (Å²) in [6.07, 6.45) is 0.444. The fourth-order valence-corrected chi connectivity index (χ4v) is 3.22. The lowest BCUT2D eigenvalue weighted by Crippen LogP contribution is -2.49. The molecule has 2 aromatic carbocycles. The number of anilines is 1. The average Bonchev–Trinajstić information content (AvgIpc) is 2.51. The molecule has 0 aromatic heterocycles. The molecule has 2 amide bonds. The van der Waals surface area contributed by atoms with Gasteiger partial charge in [0.25, 0.3) is 5.91 Å². The first-order chi connectivity index (χ1) is 11.5. The predicted octanol–water partition coefficient (Wildman–Crippen LogP) is 4.21. The third-order valence-electron chi connectivity index (χ3n) is 3.99. The number of carbonyl (C=O) groups is 2. The Morgan fingerprint density at radius 1 is 1.21 bits per heavy atom.